The third kappa shape index (κ3) is 3.57. The zero-order valence-electron chi connectivity index (χ0n) is 13.9. The quantitative estimate of drug-likeness (QED) is 0.935. The van der Waals surface area contributed by atoms with Gasteiger partial charge in [0.05, 0.1) is 6.54 Å². The first-order valence-corrected chi connectivity index (χ1v) is 8.34. The van der Waals surface area contributed by atoms with Gasteiger partial charge in [0.15, 0.2) is 0 Å². The SMILES string of the molecule is Cc1cccc(Cn2cccc(C(=O)N3CCCC(N)C3)c2=O)c1. The number of aromatic nitrogens is 1. The van der Waals surface area contributed by atoms with E-state index < -0.39 is 0 Å². The standard InChI is InChI=1S/C19H23N3O2/c1-14-5-2-6-15(11-14)12-21-10-4-8-17(18(21)23)19(24)22-9-3-7-16(20)13-22/h2,4-6,8,10-11,16H,3,7,9,12-13,20H2,1H3. The molecule has 1 aliphatic heterocycles. The Morgan fingerprint density at radius 3 is 2.88 bits per heavy atom. The van der Waals surface area contributed by atoms with Crippen LogP contribution in [0.5, 0.6) is 0 Å². The van der Waals surface area contributed by atoms with Crippen molar-refractivity contribution in [2.24, 2.45) is 5.73 Å². The molecule has 0 aliphatic carbocycles. The molecule has 1 saturated heterocycles. The Hall–Kier alpha value is -2.40. The van der Waals surface area contributed by atoms with Gasteiger partial charge in [0, 0.05) is 25.3 Å². The van der Waals surface area contributed by atoms with Crippen molar-refractivity contribution in [1.29, 1.82) is 0 Å². The van der Waals surface area contributed by atoms with Crippen molar-refractivity contribution in [3.63, 3.8) is 0 Å². The molecule has 5 nitrogen and oxygen atoms in total. The molecule has 0 radical (unpaired) electrons. The van der Waals surface area contributed by atoms with Crippen molar-refractivity contribution in [2.75, 3.05) is 13.1 Å². The summed E-state index contributed by atoms with van der Waals surface area (Å²) in [5, 5.41) is 0. The molecule has 1 unspecified atom stereocenters. The van der Waals surface area contributed by atoms with E-state index in [0.717, 1.165) is 24.0 Å². The van der Waals surface area contributed by atoms with Crippen LogP contribution in [0.25, 0.3) is 0 Å². The molecule has 0 spiro atoms. The first kappa shape index (κ1) is 16.5. The summed E-state index contributed by atoms with van der Waals surface area (Å²) in [6.07, 6.45) is 3.54. The van der Waals surface area contributed by atoms with Crippen LogP contribution in [-0.4, -0.2) is 34.5 Å². The van der Waals surface area contributed by atoms with Gasteiger partial charge in [0.2, 0.25) is 0 Å². The minimum absolute atomic E-state index is 0.000863. The number of nitrogens with zero attached hydrogens (tertiary/aromatic N) is 2. The van der Waals surface area contributed by atoms with E-state index >= 15 is 0 Å². The van der Waals surface area contributed by atoms with E-state index in [0.29, 0.717) is 19.6 Å². The summed E-state index contributed by atoms with van der Waals surface area (Å²) in [4.78, 5) is 27.1. The Balaban J connectivity index is 1.85. The molecule has 2 aromatic rings. The van der Waals surface area contributed by atoms with Crippen LogP contribution in [0.3, 0.4) is 0 Å². The topological polar surface area (TPSA) is 68.3 Å². The highest BCUT2D eigenvalue weighted by molar-refractivity contribution is 5.93. The van der Waals surface area contributed by atoms with Crippen LogP contribution in [0.2, 0.25) is 0 Å². The second-order valence-corrected chi connectivity index (χ2v) is 6.50. The fourth-order valence-electron chi connectivity index (χ4n) is 3.20. The summed E-state index contributed by atoms with van der Waals surface area (Å²) >= 11 is 0. The smallest absolute Gasteiger partial charge is 0.263 e. The van der Waals surface area contributed by atoms with Crippen molar-refractivity contribution < 1.29 is 4.79 Å². The summed E-state index contributed by atoms with van der Waals surface area (Å²) in [6, 6.07) is 11.4. The Kier molecular flexibility index (Phi) is 4.81. The highest BCUT2D eigenvalue weighted by Gasteiger charge is 2.24. The summed E-state index contributed by atoms with van der Waals surface area (Å²) in [5.74, 6) is -0.214. The lowest BCUT2D eigenvalue weighted by Crippen LogP contribution is -2.47. The van der Waals surface area contributed by atoms with Crippen molar-refractivity contribution in [1.82, 2.24) is 9.47 Å². The summed E-state index contributed by atoms with van der Waals surface area (Å²) in [7, 11) is 0. The molecular formula is C19H23N3O2. The van der Waals surface area contributed by atoms with Gasteiger partial charge in [0.25, 0.3) is 11.5 Å². The zero-order chi connectivity index (χ0) is 17.1. The Morgan fingerprint density at radius 1 is 1.29 bits per heavy atom. The fourth-order valence-corrected chi connectivity index (χ4v) is 3.20. The van der Waals surface area contributed by atoms with Crippen molar-refractivity contribution in [3.05, 3.63) is 69.6 Å². The van der Waals surface area contributed by atoms with Crippen LogP contribution in [0.15, 0.2) is 47.4 Å². The average molecular weight is 325 g/mol. The van der Waals surface area contributed by atoms with Gasteiger partial charge in [-0.05, 0) is 37.5 Å². The molecule has 0 saturated carbocycles. The second-order valence-electron chi connectivity index (χ2n) is 6.50. The van der Waals surface area contributed by atoms with Gasteiger partial charge in [-0.15, -0.1) is 0 Å². The molecular weight excluding hydrogens is 302 g/mol. The van der Waals surface area contributed by atoms with E-state index in [1.54, 1.807) is 27.8 Å². The van der Waals surface area contributed by atoms with E-state index in [4.69, 9.17) is 5.73 Å². The number of piperidine rings is 1. The summed E-state index contributed by atoms with van der Waals surface area (Å²) < 4.78 is 1.59. The highest BCUT2D eigenvalue weighted by atomic mass is 16.2. The first-order chi connectivity index (χ1) is 11.5. The predicted octanol–water partition coefficient (Wildman–Crippen LogP) is 1.77. The molecule has 1 amide bonds. The van der Waals surface area contributed by atoms with E-state index in [-0.39, 0.29) is 23.1 Å². The number of hydrogen-bond acceptors (Lipinski definition) is 3. The van der Waals surface area contributed by atoms with Crippen LogP contribution >= 0.6 is 0 Å². The Morgan fingerprint density at radius 2 is 2.12 bits per heavy atom. The molecule has 3 rings (SSSR count). The maximum Gasteiger partial charge on any atom is 0.263 e. The summed E-state index contributed by atoms with van der Waals surface area (Å²) in [6.45, 7) is 3.66. The van der Waals surface area contributed by atoms with E-state index in [1.807, 2.05) is 31.2 Å². The first-order valence-electron chi connectivity index (χ1n) is 8.34. The average Bonchev–Trinajstić information content (AvgIpc) is 2.56. The Labute approximate surface area is 141 Å². The van der Waals surface area contributed by atoms with Crippen LogP contribution in [0.4, 0.5) is 0 Å². The second kappa shape index (κ2) is 7.01. The lowest BCUT2D eigenvalue weighted by atomic mass is 10.1. The minimum Gasteiger partial charge on any atom is -0.337 e. The number of hydrogen-bond donors (Lipinski definition) is 1. The number of carbonyl (C=O) groups is 1. The number of aryl methyl sites for hydroxylation is 1. The largest absolute Gasteiger partial charge is 0.337 e. The maximum atomic E-state index is 12.7. The van der Waals surface area contributed by atoms with E-state index in [1.165, 1.54) is 0 Å². The molecule has 1 aliphatic rings. The molecule has 0 bridgehead atoms. The molecule has 126 valence electrons. The zero-order valence-corrected chi connectivity index (χ0v) is 13.9. The molecule has 1 fully saturated rings. The number of pyridine rings is 1. The third-order valence-corrected chi connectivity index (χ3v) is 4.43. The van der Waals surface area contributed by atoms with Crippen LogP contribution in [-0.2, 0) is 6.54 Å². The van der Waals surface area contributed by atoms with Crippen molar-refractivity contribution in [3.8, 4) is 0 Å². The Bertz CT molecular complexity index is 797. The minimum atomic E-state index is -0.247. The van der Waals surface area contributed by atoms with E-state index in [2.05, 4.69) is 0 Å². The molecule has 5 heteroatoms. The molecule has 2 N–H and O–H groups in total. The van der Waals surface area contributed by atoms with Gasteiger partial charge in [-0.1, -0.05) is 29.8 Å². The molecule has 1 aromatic carbocycles. The molecule has 1 atom stereocenters. The van der Waals surface area contributed by atoms with Crippen molar-refractivity contribution in [2.45, 2.75) is 32.4 Å². The number of rotatable bonds is 3. The third-order valence-electron chi connectivity index (χ3n) is 4.43. The van der Waals surface area contributed by atoms with Crippen LogP contribution in [0.1, 0.15) is 34.3 Å². The fraction of sp³-hybridized carbons (Fsp3) is 0.368. The maximum absolute atomic E-state index is 12.7. The monoisotopic (exact) mass is 325 g/mol. The van der Waals surface area contributed by atoms with Crippen molar-refractivity contribution >= 4 is 5.91 Å². The number of nitrogens with two attached hydrogens (primary N) is 1. The molecule has 1 aromatic heterocycles. The summed E-state index contributed by atoms with van der Waals surface area (Å²) in [5.41, 5.74) is 8.11. The number of amides is 1. The van der Waals surface area contributed by atoms with Gasteiger partial charge >= 0.3 is 0 Å². The van der Waals surface area contributed by atoms with Gasteiger partial charge in [0.1, 0.15) is 5.56 Å². The van der Waals surface area contributed by atoms with Gasteiger partial charge in [-0.2, -0.15) is 0 Å². The molecule has 2 heterocycles. The highest BCUT2D eigenvalue weighted by Crippen LogP contribution is 2.11. The normalized spacial score (nSPS) is 17.8. The van der Waals surface area contributed by atoms with Gasteiger partial charge in [-0.25, -0.2) is 0 Å². The lowest BCUT2D eigenvalue weighted by molar-refractivity contribution is 0.0706. The van der Waals surface area contributed by atoms with Gasteiger partial charge in [-0.3, -0.25) is 9.59 Å². The van der Waals surface area contributed by atoms with Gasteiger partial charge < -0.3 is 15.2 Å². The number of carbonyl (C=O) groups excluding carboxylic acids is 1. The van der Waals surface area contributed by atoms with Crippen LogP contribution in [0, 0.1) is 6.92 Å². The predicted molar refractivity (Wildman–Crippen MR) is 94.1 cm³/mol. The van der Waals surface area contributed by atoms with Crippen LogP contribution < -0.4 is 11.3 Å². The van der Waals surface area contributed by atoms with E-state index in [9.17, 15) is 9.59 Å². The molecule has 24 heavy (non-hydrogen) atoms. The lowest BCUT2D eigenvalue weighted by Gasteiger charge is -2.30. The number of likely N-dealkylation sites (tertiary alicyclic amines) is 1. The number of benzene rings is 1.